The Hall–Kier alpha value is -3.09. The fourth-order valence-electron chi connectivity index (χ4n) is 3.67. The lowest BCUT2D eigenvalue weighted by Crippen LogP contribution is -2.31. The number of nitrogens with zero attached hydrogens (tertiary/aromatic N) is 4. The second kappa shape index (κ2) is 6.26. The molecule has 138 valence electrons. The Morgan fingerprint density at radius 3 is 2.93 bits per heavy atom. The van der Waals surface area contributed by atoms with Crippen LogP contribution >= 0.6 is 0 Å². The summed E-state index contributed by atoms with van der Waals surface area (Å²) in [5.74, 6) is 3.80. The molecule has 0 saturated heterocycles. The zero-order valence-corrected chi connectivity index (χ0v) is 15.3. The van der Waals surface area contributed by atoms with Crippen molar-refractivity contribution in [3.8, 4) is 22.8 Å². The van der Waals surface area contributed by atoms with Gasteiger partial charge in [-0.3, -0.25) is 0 Å². The van der Waals surface area contributed by atoms with E-state index in [1.54, 1.807) is 6.33 Å². The van der Waals surface area contributed by atoms with Crippen LogP contribution in [0.2, 0.25) is 0 Å². The lowest BCUT2D eigenvalue weighted by atomic mass is 9.99. The topological polar surface area (TPSA) is 73.5 Å². The van der Waals surface area contributed by atoms with Crippen molar-refractivity contribution in [2.45, 2.75) is 32.7 Å². The van der Waals surface area contributed by atoms with E-state index in [-0.39, 0.29) is 6.79 Å². The second-order valence-corrected chi connectivity index (χ2v) is 7.13. The first-order valence-corrected chi connectivity index (χ1v) is 9.13. The van der Waals surface area contributed by atoms with Gasteiger partial charge in [-0.1, -0.05) is 19.0 Å². The van der Waals surface area contributed by atoms with Crippen LogP contribution < -0.4 is 14.4 Å². The largest absolute Gasteiger partial charge is 0.454 e. The minimum Gasteiger partial charge on any atom is -0.454 e. The number of aromatic nitrogens is 3. The van der Waals surface area contributed by atoms with Crippen LogP contribution in [0.4, 0.5) is 5.82 Å². The van der Waals surface area contributed by atoms with E-state index >= 15 is 0 Å². The molecule has 3 aromatic rings. The molecule has 7 heteroatoms. The first-order valence-electron chi connectivity index (χ1n) is 9.13. The molecule has 2 aliphatic heterocycles. The molecule has 0 saturated carbocycles. The molecule has 0 atom stereocenters. The van der Waals surface area contributed by atoms with Crippen LogP contribution in [0.3, 0.4) is 0 Å². The maximum atomic E-state index is 5.64. The average molecular weight is 364 g/mol. The van der Waals surface area contributed by atoms with Gasteiger partial charge in [-0.25, -0.2) is 9.97 Å². The van der Waals surface area contributed by atoms with Gasteiger partial charge in [0, 0.05) is 35.9 Å². The van der Waals surface area contributed by atoms with Crippen molar-refractivity contribution in [3.05, 3.63) is 47.6 Å². The number of hydrogen-bond donors (Lipinski definition) is 0. The van der Waals surface area contributed by atoms with E-state index < -0.39 is 0 Å². The minimum absolute atomic E-state index is 0.259. The molecule has 0 aliphatic carbocycles. The van der Waals surface area contributed by atoms with E-state index in [4.69, 9.17) is 14.0 Å². The number of rotatable bonds is 3. The van der Waals surface area contributed by atoms with Gasteiger partial charge in [-0.05, 0) is 24.1 Å². The van der Waals surface area contributed by atoms with Crippen molar-refractivity contribution < 1.29 is 14.0 Å². The third-order valence-electron chi connectivity index (χ3n) is 5.11. The summed E-state index contributed by atoms with van der Waals surface area (Å²) in [6, 6.07) is 5.87. The normalized spacial score (nSPS) is 15.3. The summed E-state index contributed by atoms with van der Waals surface area (Å²) in [7, 11) is 0. The van der Waals surface area contributed by atoms with Crippen molar-refractivity contribution in [2.24, 2.45) is 0 Å². The number of ether oxygens (including phenoxy) is 2. The number of benzene rings is 1. The minimum atomic E-state index is 0.259. The van der Waals surface area contributed by atoms with Crippen molar-refractivity contribution in [1.29, 1.82) is 0 Å². The van der Waals surface area contributed by atoms with Crippen molar-refractivity contribution in [1.82, 2.24) is 15.1 Å². The molecule has 0 unspecified atom stereocenters. The summed E-state index contributed by atoms with van der Waals surface area (Å²) in [5, 5.41) is 4.35. The van der Waals surface area contributed by atoms with E-state index in [9.17, 15) is 0 Å². The average Bonchev–Trinajstić information content (AvgIpc) is 3.33. The quantitative estimate of drug-likeness (QED) is 0.704. The summed E-state index contributed by atoms with van der Waals surface area (Å²) in [4.78, 5) is 11.0. The molecule has 0 bridgehead atoms. The Balaban J connectivity index is 1.51. The second-order valence-electron chi connectivity index (χ2n) is 7.13. The van der Waals surface area contributed by atoms with Gasteiger partial charge in [0.1, 0.15) is 23.6 Å². The first kappa shape index (κ1) is 16.1. The standard InChI is InChI=1S/C20H20N4O3/c1-12(2)14-8-21-10-22-20(14)24-6-5-16-15(9-24)19(23-27-16)13-3-4-17-18(7-13)26-11-25-17/h3-4,7-8,10,12H,5-6,9,11H2,1-2H3. The monoisotopic (exact) mass is 364 g/mol. The van der Waals surface area contributed by atoms with Gasteiger partial charge in [0.2, 0.25) is 6.79 Å². The molecule has 4 heterocycles. The van der Waals surface area contributed by atoms with E-state index in [0.29, 0.717) is 12.5 Å². The molecule has 27 heavy (non-hydrogen) atoms. The Bertz CT molecular complexity index is 999. The Morgan fingerprint density at radius 2 is 2.04 bits per heavy atom. The highest BCUT2D eigenvalue weighted by Gasteiger charge is 2.28. The van der Waals surface area contributed by atoms with Crippen molar-refractivity contribution in [2.75, 3.05) is 18.2 Å². The lowest BCUT2D eigenvalue weighted by Gasteiger charge is -2.29. The Kier molecular flexibility index (Phi) is 3.74. The molecule has 2 aliphatic rings. The van der Waals surface area contributed by atoms with Gasteiger partial charge in [0.25, 0.3) is 0 Å². The summed E-state index contributed by atoms with van der Waals surface area (Å²) < 4.78 is 16.6. The van der Waals surface area contributed by atoms with E-state index in [1.807, 2.05) is 24.4 Å². The Morgan fingerprint density at radius 1 is 1.15 bits per heavy atom. The summed E-state index contributed by atoms with van der Waals surface area (Å²) in [6.45, 7) is 6.14. The molecule has 0 spiro atoms. The van der Waals surface area contributed by atoms with Crippen LogP contribution in [0.1, 0.15) is 36.7 Å². The van der Waals surface area contributed by atoms with Gasteiger partial charge < -0.3 is 18.9 Å². The number of hydrogen-bond acceptors (Lipinski definition) is 7. The van der Waals surface area contributed by atoms with Crippen LogP contribution in [0, 0.1) is 0 Å². The van der Waals surface area contributed by atoms with Crippen LogP contribution in [-0.2, 0) is 13.0 Å². The number of fused-ring (bicyclic) bond motifs is 2. The fraction of sp³-hybridized carbons (Fsp3) is 0.350. The fourth-order valence-corrected chi connectivity index (χ4v) is 3.67. The summed E-state index contributed by atoms with van der Waals surface area (Å²) in [6.07, 6.45) is 4.33. The Labute approximate surface area is 156 Å². The van der Waals surface area contributed by atoms with E-state index in [0.717, 1.165) is 58.4 Å². The third kappa shape index (κ3) is 2.70. The molecule has 5 rings (SSSR count). The van der Waals surface area contributed by atoms with E-state index in [1.165, 1.54) is 0 Å². The predicted octanol–water partition coefficient (Wildman–Crippen LogP) is 3.55. The molecule has 0 N–H and O–H groups in total. The van der Waals surface area contributed by atoms with E-state index in [2.05, 4.69) is 33.9 Å². The zero-order valence-electron chi connectivity index (χ0n) is 15.3. The van der Waals surface area contributed by atoms with Crippen LogP contribution in [-0.4, -0.2) is 28.5 Å². The zero-order chi connectivity index (χ0) is 18.4. The molecule has 0 amide bonds. The maximum Gasteiger partial charge on any atom is 0.231 e. The molecule has 0 fully saturated rings. The molecular weight excluding hydrogens is 344 g/mol. The maximum absolute atomic E-state index is 5.64. The SMILES string of the molecule is CC(C)c1cncnc1N1CCc2onc(-c3ccc4c(c3)OCO4)c2C1. The van der Waals surface area contributed by atoms with Crippen LogP contribution in [0.25, 0.3) is 11.3 Å². The first-order chi connectivity index (χ1) is 13.2. The molecule has 7 nitrogen and oxygen atoms in total. The van der Waals surface area contributed by atoms with Crippen LogP contribution in [0.5, 0.6) is 11.5 Å². The molecule has 0 radical (unpaired) electrons. The summed E-state index contributed by atoms with van der Waals surface area (Å²) >= 11 is 0. The highest BCUT2D eigenvalue weighted by Crippen LogP contribution is 2.38. The summed E-state index contributed by atoms with van der Waals surface area (Å²) in [5.41, 5.74) is 4.08. The van der Waals surface area contributed by atoms with Crippen molar-refractivity contribution >= 4 is 5.82 Å². The van der Waals surface area contributed by atoms with Crippen molar-refractivity contribution in [3.63, 3.8) is 0 Å². The van der Waals surface area contributed by atoms with Crippen LogP contribution in [0.15, 0.2) is 35.2 Å². The van der Waals surface area contributed by atoms with Gasteiger partial charge in [-0.2, -0.15) is 0 Å². The third-order valence-corrected chi connectivity index (χ3v) is 5.11. The predicted molar refractivity (Wildman–Crippen MR) is 98.9 cm³/mol. The van der Waals surface area contributed by atoms with Gasteiger partial charge in [0.05, 0.1) is 6.54 Å². The highest BCUT2D eigenvalue weighted by molar-refractivity contribution is 5.68. The van der Waals surface area contributed by atoms with Gasteiger partial charge >= 0.3 is 0 Å². The molecule has 2 aromatic heterocycles. The van der Waals surface area contributed by atoms with Gasteiger partial charge in [-0.15, -0.1) is 0 Å². The van der Waals surface area contributed by atoms with Gasteiger partial charge in [0.15, 0.2) is 11.5 Å². The highest BCUT2D eigenvalue weighted by atomic mass is 16.7. The lowest BCUT2D eigenvalue weighted by molar-refractivity contribution is 0.174. The number of anilines is 1. The molecular formula is C20H20N4O3. The molecule has 1 aromatic carbocycles. The smallest absolute Gasteiger partial charge is 0.231 e.